The lowest BCUT2D eigenvalue weighted by atomic mass is 10.1. The summed E-state index contributed by atoms with van der Waals surface area (Å²) in [5, 5.41) is 8.42. The molecule has 0 N–H and O–H groups in total. The molecule has 2 aromatic heterocycles. The van der Waals surface area contributed by atoms with E-state index in [-0.39, 0.29) is 17.7 Å². The molecule has 0 bridgehead atoms. The van der Waals surface area contributed by atoms with Crippen molar-refractivity contribution in [2.24, 2.45) is 0 Å². The van der Waals surface area contributed by atoms with Gasteiger partial charge in [-0.3, -0.25) is 9.48 Å². The van der Waals surface area contributed by atoms with Crippen molar-refractivity contribution in [3.63, 3.8) is 0 Å². The van der Waals surface area contributed by atoms with Gasteiger partial charge in [-0.15, -0.1) is 0 Å². The van der Waals surface area contributed by atoms with Crippen LogP contribution in [-0.2, 0) is 6.54 Å². The maximum absolute atomic E-state index is 13.1. The van der Waals surface area contributed by atoms with Crippen LogP contribution in [0, 0.1) is 0 Å². The third-order valence-electron chi connectivity index (χ3n) is 4.99. The molecule has 0 radical (unpaired) electrons. The van der Waals surface area contributed by atoms with Gasteiger partial charge < -0.3 is 14.2 Å². The van der Waals surface area contributed by atoms with E-state index in [1.54, 1.807) is 19.4 Å². The number of likely N-dealkylation sites (tertiary alicyclic amines) is 1. The molecule has 4 rings (SSSR count). The number of aromatic nitrogens is 3. The highest BCUT2D eigenvalue weighted by molar-refractivity contribution is 5.93. The van der Waals surface area contributed by atoms with Crippen LogP contribution in [0.4, 0.5) is 0 Å². The minimum atomic E-state index is -0.136. The van der Waals surface area contributed by atoms with Crippen LogP contribution in [0.3, 0.4) is 0 Å². The first-order chi connectivity index (χ1) is 13.2. The van der Waals surface area contributed by atoms with E-state index in [1.807, 2.05) is 39.9 Å². The summed E-state index contributed by atoms with van der Waals surface area (Å²) in [6, 6.07) is 11.2. The van der Waals surface area contributed by atoms with Crippen LogP contribution in [0.1, 0.15) is 42.1 Å². The molecule has 3 aromatic rings. The number of aryl methyl sites for hydroxylation is 1. The lowest BCUT2D eigenvalue weighted by Crippen LogP contribution is -2.31. The summed E-state index contributed by atoms with van der Waals surface area (Å²) in [5.41, 5.74) is 2.53. The number of nitrogens with zero attached hydrogens (tertiary/aromatic N) is 4. The molecule has 1 aliphatic heterocycles. The van der Waals surface area contributed by atoms with Crippen molar-refractivity contribution in [2.75, 3.05) is 13.7 Å². The second-order valence-electron chi connectivity index (χ2n) is 6.54. The fourth-order valence-corrected chi connectivity index (χ4v) is 3.64. The molecule has 3 heterocycles. The number of carbonyl (C=O) groups is 1. The molecule has 0 spiro atoms. The van der Waals surface area contributed by atoms with Crippen LogP contribution >= 0.6 is 0 Å². The lowest BCUT2D eigenvalue weighted by Gasteiger charge is -2.24. The maximum Gasteiger partial charge on any atom is 0.293 e. The Bertz CT molecular complexity index is 946. The summed E-state index contributed by atoms with van der Waals surface area (Å²) in [4.78, 5) is 14.9. The second kappa shape index (κ2) is 7.26. The van der Waals surface area contributed by atoms with Gasteiger partial charge in [0.15, 0.2) is 0 Å². The minimum absolute atomic E-state index is 0.0188. The van der Waals surface area contributed by atoms with Crippen LogP contribution in [0.15, 0.2) is 47.1 Å². The first-order valence-corrected chi connectivity index (χ1v) is 9.15. The number of carbonyl (C=O) groups excluding carboxylic acids is 1. The molecule has 140 valence electrons. The van der Waals surface area contributed by atoms with Gasteiger partial charge in [-0.05, 0) is 38.0 Å². The van der Waals surface area contributed by atoms with Gasteiger partial charge in [-0.1, -0.05) is 17.3 Å². The average molecular weight is 366 g/mol. The molecule has 0 saturated carbocycles. The van der Waals surface area contributed by atoms with E-state index in [2.05, 4.69) is 17.2 Å². The standard InChI is InChI=1S/C20H22N4O3/c1-3-24-18(9-10-21-24)17-8-5-11-23(17)20(25)19-13-16(22-27-19)14-6-4-7-15(12-14)26-2/h4,6-7,9-10,12-13,17H,3,5,8,11H2,1-2H3/t17-/m0/s1. The Hall–Kier alpha value is -3.09. The van der Waals surface area contributed by atoms with E-state index in [0.717, 1.165) is 36.4 Å². The van der Waals surface area contributed by atoms with Gasteiger partial charge in [0.1, 0.15) is 11.4 Å². The van der Waals surface area contributed by atoms with E-state index in [0.29, 0.717) is 12.2 Å². The Labute approximate surface area is 157 Å². The molecule has 7 nitrogen and oxygen atoms in total. The Balaban J connectivity index is 1.58. The SMILES string of the molecule is CCn1nccc1[C@@H]1CCCN1C(=O)c1cc(-c2cccc(OC)c2)no1. The fourth-order valence-electron chi connectivity index (χ4n) is 3.64. The number of ether oxygens (including phenoxy) is 1. The summed E-state index contributed by atoms with van der Waals surface area (Å²) < 4.78 is 12.6. The maximum atomic E-state index is 13.1. The average Bonchev–Trinajstić information content (AvgIpc) is 3.46. The molecule has 0 unspecified atom stereocenters. The molecule has 1 amide bonds. The largest absolute Gasteiger partial charge is 0.497 e. The Morgan fingerprint density at radius 2 is 2.22 bits per heavy atom. The summed E-state index contributed by atoms with van der Waals surface area (Å²) >= 11 is 0. The van der Waals surface area contributed by atoms with Gasteiger partial charge in [-0.2, -0.15) is 5.10 Å². The summed E-state index contributed by atoms with van der Waals surface area (Å²) in [5.74, 6) is 0.848. The highest BCUT2D eigenvalue weighted by atomic mass is 16.5. The first kappa shape index (κ1) is 17.3. The number of rotatable bonds is 5. The zero-order valence-electron chi connectivity index (χ0n) is 15.5. The normalized spacial score (nSPS) is 16.7. The van der Waals surface area contributed by atoms with E-state index in [1.165, 1.54) is 0 Å². The zero-order chi connectivity index (χ0) is 18.8. The Morgan fingerprint density at radius 3 is 3.04 bits per heavy atom. The lowest BCUT2D eigenvalue weighted by molar-refractivity contribution is 0.0687. The van der Waals surface area contributed by atoms with Crippen molar-refractivity contribution in [1.29, 1.82) is 0 Å². The van der Waals surface area contributed by atoms with Crippen molar-refractivity contribution in [3.05, 3.63) is 54.0 Å². The van der Waals surface area contributed by atoms with Gasteiger partial charge in [0.05, 0.1) is 18.8 Å². The second-order valence-corrected chi connectivity index (χ2v) is 6.54. The Kier molecular flexibility index (Phi) is 4.66. The van der Waals surface area contributed by atoms with Crippen molar-refractivity contribution >= 4 is 5.91 Å². The van der Waals surface area contributed by atoms with Crippen LogP contribution < -0.4 is 4.74 Å². The molecule has 1 aliphatic rings. The highest BCUT2D eigenvalue weighted by Crippen LogP contribution is 2.33. The molecular formula is C20H22N4O3. The number of benzene rings is 1. The topological polar surface area (TPSA) is 73.4 Å². The van der Waals surface area contributed by atoms with E-state index in [4.69, 9.17) is 9.26 Å². The third kappa shape index (κ3) is 3.20. The monoisotopic (exact) mass is 366 g/mol. The molecule has 1 atom stereocenters. The molecule has 1 aromatic carbocycles. The van der Waals surface area contributed by atoms with Gasteiger partial charge in [0.2, 0.25) is 5.76 Å². The molecule has 1 saturated heterocycles. The molecule has 0 aliphatic carbocycles. The van der Waals surface area contributed by atoms with Crippen LogP contribution in [-0.4, -0.2) is 39.4 Å². The smallest absolute Gasteiger partial charge is 0.293 e. The van der Waals surface area contributed by atoms with Crippen molar-refractivity contribution in [2.45, 2.75) is 32.4 Å². The summed E-state index contributed by atoms with van der Waals surface area (Å²) in [6.45, 7) is 3.53. The van der Waals surface area contributed by atoms with E-state index < -0.39 is 0 Å². The van der Waals surface area contributed by atoms with Crippen molar-refractivity contribution in [3.8, 4) is 17.0 Å². The Morgan fingerprint density at radius 1 is 1.33 bits per heavy atom. The number of amides is 1. The predicted molar refractivity (Wildman–Crippen MR) is 99.4 cm³/mol. The van der Waals surface area contributed by atoms with Crippen LogP contribution in [0.5, 0.6) is 5.75 Å². The minimum Gasteiger partial charge on any atom is -0.497 e. The van der Waals surface area contributed by atoms with Gasteiger partial charge in [0, 0.05) is 30.9 Å². The summed E-state index contributed by atoms with van der Waals surface area (Å²) in [6.07, 6.45) is 3.67. The van der Waals surface area contributed by atoms with Gasteiger partial charge in [-0.25, -0.2) is 0 Å². The van der Waals surface area contributed by atoms with Gasteiger partial charge in [0.25, 0.3) is 5.91 Å². The third-order valence-corrected chi connectivity index (χ3v) is 4.99. The van der Waals surface area contributed by atoms with Crippen molar-refractivity contribution in [1.82, 2.24) is 19.8 Å². The fraction of sp³-hybridized carbons (Fsp3) is 0.350. The molecule has 1 fully saturated rings. The van der Waals surface area contributed by atoms with Gasteiger partial charge >= 0.3 is 0 Å². The zero-order valence-corrected chi connectivity index (χ0v) is 15.5. The quantitative estimate of drug-likeness (QED) is 0.690. The predicted octanol–water partition coefficient (Wildman–Crippen LogP) is 3.54. The number of hydrogen-bond acceptors (Lipinski definition) is 5. The van der Waals surface area contributed by atoms with Crippen LogP contribution in [0.25, 0.3) is 11.3 Å². The van der Waals surface area contributed by atoms with Crippen molar-refractivity contribution < 1.29 is 14.1 Å². The molecule has 7 heteroatoms. The summed E-state index contributed by atoms with van der Waals surface area (Å²) in [7, 11) is 1.62. The molecule has 27 heavy (non-hydrogen) atoms. The number of hydrogen-bond donors (Lipinski definition) is 0. The van der Waals surface area contributed by atoms with E-state index in [9.17, 15) is 4.79 Å². The van der Waals surface area contributed by atoms with E-state index >= 15 is 0 Å². The molecular weight excluding hydrogens is 344 g/mol. The highest BCUT2D eigenvalue weighted by Gasteiger charge is 2.34. The first-order valence-electron chi connectivity index (χ1n) is 9.15. The van der Waals surface area contributed by atoms with Crippen LogP contribution in [0.2, 0.25) is 0 Å². The number of methoxy groups -OCH3 is 1.